The molecule has 2 heteroatoms. The summed E-state index contributed by atoms with van der Waals surface area (Å²) in [6, 6.07) is 5.52. The SMILES string of the molecule is Cc1cccc(O)c1C.[Gd]. The third kappa shape index (κ3) is 2.19. The minimum atomic E-state index is 0. The van der Waals surface area contributed by atoms with Gasteiger partial charge in [-0.2, -0.15) is 0 Å². The van der Waals surface area contributed by atoms with E-state index in [1.165, 1.54) is 0 Å². The molecule has 0 amide bonds. The largest absolute Gasteiger partial charge is 0.508 e. The first-order valence-electron chi connectivity index (χ1n) is 2.97. The van der Waals surface area contributed by atoms with Crippen LogP contribution in [0.5, 0.6) is 5.75 Å². The number of phenolic OH excluding ortho intramolecular Hbond substituents is 1. The van der Waals surface area contributed by atoms with Crippen LogP contribution in [0.3, 0.4) is 0 Å². The van der Waals surface area contributed by atoms with Crippen molar-refractivity contribution in [3.05, 3.63) is 29.3 Å². The average Bonchev–Trinajstić information content (AvgIpc) is 1.83. The van der Waals surface area contributed by atoms with Crippen molar-refractivity contribution in [1.29, 1.82) is 0 Å². The molecule has 0 aliphatic heterocycles. The quantitative estimate of drug-likeness (QED) is 0.770. The first kappa shape index (κ1) is 10.3. The zero-order valence-corrected chi connectivity index (χ0v) is 8.30. The average molecular weight is 279 g/mol. The molecule has 0 unspecified atom stereocenters. The molecule has 56 valence electrons. The predicted octanol–water partition coefficient (Wildman–Crippen LogP) is 2.01. The maximum absolute atomic E-state index is 9.10. The fourth-order valence-corrected chi connectivity index (χ4v) is 0.736. The van der Waals surface area contributed by atoms with E-state index in [0.717, 1.165) is 11.1 Å². The number of aromatic hydroxyl groups is 1. The molecule has 0 spiro atoms. The van der Waals surface area contributed by atoms with Gasteiger partial charge in [-0.3, -0.25) is 0 Å². The van der Waals surface area contributed by atoms with Crippen molar-refractivity contribution in [1.82, 2.24) is 0 Å². The summed E-state index contributed by atoms with van der Waals surface area (Å²) in [5.41, 5.74) is 2.10. The summed E-state index contributed by atoms with van der Waals surface area (Å²) in [7, 11) is 0. The fourth-order valence-electron chi connectivity index (χ4n) is 0.736. The van der Waals surface area contributed by atoms with Gasteiger partial charge in [0, 0.05) is 39.9 Å². The Morgan fingerprint density at radius 3 is 2.20 bits per heavy atom. The molecule has 0 aromatic heterocycles. The zero-order chi connectivity index (χ0) is 6.85. The molecule has 0 saturated heterocycles. The molecular formula is C8H10GdO. The van der Waals surface area contributed by atoms with Gasteiger partial charge in [0.15, 0.2) is 0 Å². The number of hydrogen-bond acceptors (Lipinski definition) is 1. The smallest absolute Gasteiger partial charge is 0.118 e. The molecule has 1 rings (SSSR count). The molecular weight excluding hydrogens is 269 g/mol. The minimum absolute atomic E-state index is 0. The van der Waals surface area contributed by atoms with E-state index >= 15 is 0 Å². The van der Waals surface area contributed by atoms with E-state index < -0.39 is 0 Å². The van der Waals surface area contributed by atoms with Crippen LogP contribution in [0.1, 0.15) is 11.1 Å². The molecule has 1 nitrogen and oxygen atoms in total. The van der Waals surface area contributed by atoms with Crippen molar-refractivity contribution >= 4 is 0 Å². The molecule has 0 heterocycles. The van der Waals surface area contributed by atoms with Crippen LogP contribution in [0.4, 0.5) is 0 Å². The van der Waals surface area contributed by atoms with Crippen molar-refractivity contribution in [3.63, 3.8) is 0 Å². The van der Waals surface area contributed by atoms with Crippen LogP contribution in [0.15, 0.2) is 18.2 Å². The fraction of sp³-hybridized carbons (Fsp3) is 0.250. The maximum Gasteiger partial charge on any atom is 0.118 e. The van der Waals surface area contributed by atoms with E-state index in [1.807, 2.05) is 26.0 Å². The summed E-state index contributed by atoms with van der Waals surface area (Å²) >= 11 is 0. The molecule has 10 heavy (non-hydrogen) atoms. The molecule has 0 bridgehead atoms. The number of benzene rings is 1. The normalized spacial score (nSPS) is 8.60. The number of aryl methyl sites for hydroxylation is 1. The molecule has 0 aliphatic carbocycles. The Morgan fingerprint density at radius 1 is 1.20 bits per heavy atom. The summed E-state index contributed by atoms with van der Waals surface area (Å²) in [6.07, 6.45) is 0. The Hall–Kier alpha value is 0.345. The summed E-state index contributed by atoms with van der Waals surface area (Å²) in [6.45, 7) is 3.89. The standard InChI is InChI=1S/C8H10O.Gd/c1-6-4-3-5-8(9)7(6)2;/h3-5,9H,1-2H3;. The van der Waals surface area contributed by atoms with E-state index in [2.05, 4.69) is 0 Å². The van der Waals surface area contributed by atoms with Gasteiger partial charge in [-0.15, -0.1) is 0 Å². The van der Waals surface area contributed by atoms with E-state index in [4.69, 9.17) is 5.11 Å². The molecule has 0 radical (unpaired) electrons. The van der Waals surface area contributed by atoms with Gasteiger partial charge in [0.2, 0.25) is 0 Å². The van der Waals surface area contributed by atoms with Crippen LogP contribution in [0.2, 0.25) is 0 Å². The summed E-state index contributed by atoms with van der Waals surface area (Å²) in [5, 5.41) is 9.10. The Bertz CT molecular complexity index is 200. The maximum atomic E-state index is 9.10. The van der Waals surface area contributed by atoms with Crippen LogP contribution in [0, 0.1) is 53.8 Å². The monoisotopic (exact) mass is 280 g/mol. The van der Waals surface area contributed by atoms with Gasteiger partial charge >= 0.3 is 0 Å². The Labute approximate surface area is 93.1 Å². The molecule has 0 atom stereocenters. The van der Waals surface area contributed by atoms with E-state index in [9.17, 15) is 0 Å². The Morgan fingerprint density at radius 2 is 1.80 bits per heavy atom. The van der Waals surface area contributed by atoms with E-state index in [1.54, 1.807) is 6.07 Å². The van der Waals surface area contributed by atoms with Crippen molar-refractivity contribution in [2.24, 2.45) is 0 Å². The molecule has 0 aliphatic rings. The van der Waals surface area contributed by atoms with Gasteiger partial charge < -0.3 is 5.11 Å². The second-order valence-electron chi connectivity index (χ2n) is 2.22. The summed E-state index contributed by atoms with van der Waals surface area (Å²) in [5.74, 6) is 0.384. The minimum Gasteiger partial charge on any atom is -0.508 e. The Kier molecular flexibility index (Phi) is 4.42. The van der Waals surface area contributed by atoms with Gasteiger partial charge in [-0.05, 0) is 31.0 Å². The number of phenols is 1. The van der Waals surface area contributed by atoms with E-state index in [0.29, 0.717) is 5.75 Å². The number of hydrogen-bond donors (Lipinski definition) is 1. The van der Waals surface area contributed by atoms with Crippen LogP contribution in [-0.2, 0) is 0 Å². The van der Waals surface area contributed by atoms with Gasteiger partial charge in [0.05, 0.1) is 0 Å². The Balaban J connectivity index is 0.000000810. The van der Waals surface area contributed by atoms with Crippen LogP contribution < -0.4 is 0 Å². The van der Waals surface area contributed by atoms with Crippen molar-refractivity contribution in [2.75, 3.05) is 0 Å². The number of rotatable bonds is 0. The van der Waals surface area contributed by atoms with Gasteiger partial charge in [0.1, 0.15) is 5.75 Å². The van der Waals surface area contributed by atoms with Crippen molar-refractivity contribution in [3.8, 4) is 5.75 Å². The molecule has 0 saturated carbocycles. The third-order valence-electron chi connectivity index (χ3n) is 1.58. The van der Waals surface area contributed by atoms with Gasteiger partial charge in [0.25, 0.3) is 0 Å². The van der Waals surface area contributed by atoms with Crippen LogP contribution >= 0.6 is 0 Å². The van der Waals surface area contributed by atoms with Crippen LogP contribution in [-0.4, -0.2) is 5.11 Å². The molecule has 0 fully saturated rings. The third-order valence-corrected chi connectivity index (χ3v) is 1.58. The van der Waals surface area contributed by atoms with E-state index in [-0.39, 0.29) is 39.9 Å². The second kappa shape index (κ2) is 4.27. The van der Waals surface area contributed by atoms with Crippen LogP contribution in [0.25, 0.3) is 0 Å². The molecule has 1 aromatic carbocycles. The summed E-state index contributed by atoms with van der Waals surface area (Å²) in [4.78, 5) is 0. The summed E-state index contributed by atoms with van der Waals surface area (Å²) < 4.78 is 0. The van der Waals surface area contributed by atoms with Gasteiger partial charge in [-0.25, -0.2) is 0 Å². The van der Waals surface area contributed by atoms with Crippen molar-refractivity contribution < 1.29 is 45.0 Å². The molecule has 1 N–H and O–H groups in total. The van der Waals surface area contributed by atoms with Crippen molar-refractivity contribution in [2.45, 2.75) is 13.8 Å². The second-order valence-corrected chi connectivity index (χ2v) is 2.22. The molecule has 1 aromatic rings. The first-order chi connectivity index (χ1) is 4.22. The van der Waals surface area contributed by atoms with Gasteiger partial charge in [-0.1, -0.05) is 12.1 Å². The zero-order valence-electron chi connectivity index (χ0n) is 6.03. The topological polar surface area (TPSA) is 20.2 Å². The first-order valence-corrected chi connectivity index (χ1v) is 2.97. The predicted molar refractivity (Wildman–Crippen MR) is 37.6 cm³/mol.